The van der Waals surface area contributed by atoms with Crippen molar-refractivity contribution in [1.82, 2.24) is 9.97 Å². The van der Waals surface area contributed by atoms with Crippen LogP contribution in [0.5, 0.6) is 0 Å². The highest BCUT2D eigenvalue weighted by atomic mass is 16.3. The highest BCUT2D eigenvalue weighted by Gasteiger charge is 2.17. The van der Waals surface area contributed by atoms with Gasteiger partial charge in [0, 0.05) is 10.9 Å². The molecule has 0 N–H and O–H groups in total. The van der Waals surface area contributed by atoms with Crippen LogP contribution in [-0.2, 0) is 0 Å². The molecular weight excluding hydrogens is 260 g/mol. The highest BCUT2D eigenvalue weighted by molar-refractivity contribution is 5.92. The molecule has 0 unspecified atom stereocenters. The van der Waals surface area contributed by atoms with Crippen molar-refractivity contribution in [3.63, 3.8) is 0 Å². The van der Waals surface area contributed by atoms with Crippen LogP contribution in [-0.4, -0.2) is 9.97 Å². The van der Waals surface area contributed by atoms with Crippen molar-refractivity contribution in [2.75, 3.05) is 0 Å². The number of aromatic nitrogens is 2. The number of benzene rings is 2. The van der Waals surface area contributed by atoms with Crippen LogP contribution < -0.4 is 0 Å². The van der Waals surface area contributed by atoms with Gasteiger partial charge in [-0.15, -0.1) is 0 Å². The predicted molar refractivity (Wildman–Crippen MR) is 83.3 cm³/mol. The summed E-state index contributed by atoms with van der Waals surface area (Å²) in [5.74, 6) is 0.758. The number of rotatable bonds is 1. The van der Waals surface area contributed by atoms with Gasteiger partial charge in [-0.25, -0.2) is 9.97 Å². The minimum absolute atomic E-state index is 0.758. The van der Waals surface area contributed by atoms with Crippen molar-refractivity contribution in [3.8, 4) is 22.8 Å². The van der Waals surface area contributed by atoms with Gasteiger partial charge in [0.1, 0.15) is 23.2 Å². The summed E-state index contributed by atoms with van der Waals surface area (Å²) in [6.07, 6.45) is 1.68. The largest absolute Gasteiger partial charge is 0.462 e. The molecule has 0 saturated heterocycles. The van der Waals surface area contributed by atoms with E-state index in [0.29, 0.717) is 0 Å². The maximum Gasteiger partial charge on any atom is 0.160 e. The average Bonchev–Trinajstić information content (AvgIpc) is 2.91. The van der Waals surface area contributed by atoms with E-state index < -0.39 is 0 Å². The normalized spacial score (nSPS) is 11.3. The monoisotopic (exact) mass is 274 g/mol. The molecule has 0 fully saturated rings. The smallest absolute Gasteiger partial charge is 0.160 e. The van der Waals surface area contributed by atoms with E-state index in [-0.39, 0.29) is 0 Å². The lowest BCUT2D eigenvalue weighted by Gasteiger charge is -2.02. The molecule has 2 aromatic rings. The first kappa shape index (κ1) is 12.1. The Morgan fingerprint density at radius 1 is 0.952 bits per heavy atom. The number of hydrogen-bond acceptors (Lipinski definition) is 3. The minimum atomic E-state index is 0.758. The Morgan fingerprint density at radius 3 is 2.67 bits per heavy atom. The Balaban J connectivity index is 1.99. The number of nitrogens with zero attached hydrogens (tertiary/aromatic N) is 2. The molecule has 0 atom stereocenters. The van der Waals surface area contributed by atoms with Crippen molar-refractivity contribution in [2.45, 2.75) is 13.8 Å². The summed E-state index contributed by atoms with van der Waals surface area (Å²) in [4.78, 5) is 9.35. The zero-order chi connectivity index (χ0) is 14.4. The van der Waals surface area contributed by atoms with Gasteiger partial charge in [-0.3, -0.25) is 0 Å². The van der Waals surface area contributed by atoms with Gasteiger partial charge in [0.25, 0.3) is 0 Å². The lowest BCUT2D eigenvalue weighted by Crippen LogP contribution is -1.86. The molecule has 0 aliphatic carbocycles. The summed E-state index contributed by atoms with van der Waals surface area (Å²) in [7, 11) is 0. The summed E-state index contributed by atoms with van der Waals surface area (Å²) in [6, 6.07) is 14.2. The van der Waals surface area contributed by atoms with Crippen LogP contribution in [0.1, 0.15) is 11.1 Å². The zero-order valence-corrected chi connectivity index (χ0v) is 11.9. The lowest BCUT2D eigenvalue weighted by atomic mass is 10.1. The van der Waals surface area contributed by atoms with E-state index in [9.17, 15) is 0 Å². The van der Waals surface area contributed by atoms with Crippen LogP contribution in [0.2, 0.25) is 0 Å². The van der Waals surface area contributed by atoms with Gasteiger partial charge in [0.2, 0.25) is 0 Å². The maximum atomic E-state index is 5.62. The van der Waals surface area contributed by atoms with E-state index in [1.165, 1.54) is 11.1 Å². The molecule has 0 saturated carbocycles. The van der Waals surface area contributed by atoms with Crippen molar-refractivity contribution in [2.24, 2.45) is 0 Å². The van der Waals surface area contributed by atoms with E-state index in [0.717, 1.165) is 33.7 Å². The third-order valence-electron chi connectivity index (χ3n) is 3.75. The predicted octanol–water partition coefficient (Wildman–Crippen LogP) is 4.61. The first-order valence-corrected chi connectivity index (χ1v) is 6.94. The lowest BCUT2D eigenvalue weighted by molar-refractivity contribution is 0.603. The molecule has 0 bridgehead atoms. The van der Waals surface area contributed by atoms with Gasteiger partial charge in [-0.2, -0.15) is 0 Å². The van der Waals surface area contributed by atoms with Gasteiger partial charge in [0.15, 0.2) is 5.82 Å². The SMILES string of the molecule is Cc1ccc(-c2nc3coc4ccccc4c-3n2)c(C)c1. The molecule has 2 aliphatic rings. The molecule has 4 rings (SSSR count). The molecular formula is C18H14N2O. The number of para-hydroxylation sites is 1. The molecule has 2 aliphatic heterocycles. The van der Waals surface area contributed by atoms with Crippen molar-refractivity contribution in [3.05, 3.63) is 59.9 Å². The summed E-state index contributed by atoms with van der Waals surface area (Å²) in [5.41, 5.74) is 6.02. The second-order valence-corrected chi connectivity index (χ2v) is 5.33. The van der Waals surface area contributed by atoms with Gasteiger partial charge >= 0.3 is 0 Å². The summed E-state index contributed by atoms with van der Waals surface area (Å²) in [6.45, 7) is 4.18. The second-order valence-electron chi connectivity index (χ2n) is 5.33. The van der Waals surface area contributed by atoms with E-state index >= 15 is 0 Å². The van der Waals surface area contributed by atoms with Crippen molar-refractivity contribution in [1.29, 1.82) is 0 Å². The van der Waals surface area contributed by atoms with Crippen LogP contribution in [0, 0.1) is 13.8 Å². The van der Waals surface area contributed by atoms with Gasteiger partial charge in [-0.05, 0) is 31.5 Å². The third-order valence-corrected chi connectivity index (χ3v) is 3.75. The topological polar surface area (TPSA) is 38.9 Å². The van der Waals surface area contributed by atoms with Crippen LogP contribution in [0.25, 0.3) is 33.7 Å². The quantitative estimate of drug-likeness (QED) is 0.508. The van der Waals surface area contributed by atoms with Crippen LogP contribution >= 0.6 is 0 Å². The highest BCUT2D eigenvalue weighted by Crippen LogP contribution is 2.32. The fraction of sp³-hybridized carbons (Fsp3) is 0.111. The van der Waals surface area contributed by atoms with Crippen molar-refractivity contribution >= 4 is 11.0 Å². The van der Waals surface area contributed by atoms with Crippen molar-refractivity contribution < 1.29 is 4.42 Å². The number of imidazole rings is 1. The molecule has 0 amide bonds. The van der Waals surface area contributed by atoms with E-state index in [4.69, 9.17) is 9.40 Å². The van der Waals surface area contributed by atoms with E-state index in [1.54, 1.807) is 6.26 Å². The first-order valence-electron chi connectivity index (χ1n) is 6.94. The Kier molecular flexibility index (Phi) is 2.54. The number of aryl methyl sites for hydroxylation is 2. The first-order chi connectivity index (χ1) is 10.2. The maximum absolute atomic E-state index is 5.62. The summed E-state index contributed by atoms with van der Waals surface area (Å²) >= 11 is 0. The Hall–Kier alpha value is -2.68. The Labute approximate surface area is 122 Å². The van der Waals surface area contributed by atoms with E-state index in [2.05, 4.69) is 37.0 Å². The van der Waals surface area contributed by atoms with Crippen LogP contribution in [0.4, 0.5) is 0 Å². The molecule has 0 radical (unpaired) electrons. The third kappa shape index (κ3) is 1.89. The molecule has 21 heavy (non-hydrogen) atoms. The fourth-order valence-electron chi connectivity index (χ4n) is 2.70. The van der Waals surface area contributed by atoms with Crippen LogP contribution in [0.3, 0.4) is 0 Å². The molecule has 0 aromatic heterocycles. The standard InChI is InChI=1S/C18H14N2O/c1-11-7-8-13(12(2)9-11)18-19-15-10-21-16-6-4-3-5-14(16)17(15)20-18/h3-10H,1-2H3. The number of fused-ring (bicyclic) bond motifs is 3. The molecule has 2 heterocycles. The second kappa shape index (κ2) is 4.42. The fourth-order valence-corrected chi connectivity index (χ4v) is 2.70. The Bertz CT molecular complexity index is 924. The molecule has 3 nitrogen and oxygen atoms in total. The van der Waals surface area contributed by atoms with E-state index in [1.807, 2.05) is 24.3 Å². The molecule has 3 heteroatoms. The molecule has 102 valence electrons. The van der Waals surface area contributed by atoms with Gasteiger partial charge in [0.05, 0.1) is 0 Å². The summed E-state index contributed by atoms with van der Waals surface area (Å²) in [5, 5.41) is 0.999. The summed E-state index contributed by atoms with van der Waals surface area (Å²) < 4.78 is 5.62. The van der Waals surface area contributed by atoms with Crippen LogP contribution in [0.15, 0.2) is 53.1 Å². The average molecular weight is 274 g/mol. The minimum Gasteiger partial charge on any atom is -0.462 e. The molecule has 2 aromatic carbocycles. The number of hydrogen-bond donors (Lipinski definition) is 0. The van der Waals surface area contributed by atoms with Gasteiger partial charge < -0.3 is 4.42 Å². The zero-order valence-electron chi connectivity index (χ0n) is 11.9. The Morgan fingerprint density at radius 2 is 1.81 bits per heavy atom. The van der Waals surface area contributed by atoms with Gasteiger partial charge in [-0.1, -0.05) is 35.9 Å². The molecule has 0 spiro atoms.